The third-order valence-electron chi connectivity index (χ3n) is 5.06. The summed E-state index contributed by atoms with van der Waals surface area (Å²) in [7, 11) is 0. The Kier molecular flexibility index (Phi) is 6.76. The summed E-state index contributed by atoms with van der Waals surface area (Å²) in [6, 6.07) is 16.6. The molecular formula is C25H21BrN2O4S. The quantitative estimate of drug-likeness (QED) is 0.271. The molecule has 168 valence electrons. The van der Waals surface area contributed by atoms with Crippen LogP contribution in [0.1, 0.15) is 19.4 Å². The monoisotopic (exact) mass is 524 g/mol. The van der Waals surface area contributed by atoms with Gasteiger partial charge in [0.15, 0.2) is 5.11 Å². The lowest BCUT2D eigenvalue weighted by molar-refractivity contribution is -0.122. The number of hydrogen-bond donors (Lipinski definition) is 1. The molecule has 0 aromatic heterocycles. The highest BCUT2D eigenvalue weighted by molar-refractivity contribution is 9.10. The van der Waals surface area contributed by atoms with Crippen LogP contribution in [-0.2, 0) is 9.59 Å². The van der Waals surface area contributed by atoms with Crippen molar-refractivity contribution >= 4 is 67.6 Å². The maximum Gasteiger partial charge on any atom is 0.270 e. The predicted molar refractivity (Wildman–Crippen MR) is 137 cm³/mol. The molecule has 6 nitrogen and oxygen atoms in total. The number of benzene rings is 3. The van der Waals surface area contributed by atoms with Gasteiger partial charge in [0.2, 0.25) is 0 Å². The van der Waals surface area contributed by atoms with Crippen LogP contribution in [0.5, 0.6) is 11.5 Å². The Morgan fingerprint density at radius 2 is 1.79 bits per heavy atom. The molecule has 33 heavy (non-hydrogen) atoms. The van der Waals surface area contributed by atoms with Crippen LogP contribution in [0.4, 0.5) is 5.69 Å². The van der Waals surface area contributed by atoms with Crippen molar-refractivity contribution in [2.24, 2.45) is 0 Å². The number of ether oxygens (including phenoxy) is 2. The van der Waals surface area contributed by atoms with Gasteiger partial charge in [-0.25, -0.2) is 0 Å². The summed E-state index contributed by atoms with van der Waals surface area (Å²) >= 11 is 8.72. The van der Waals surface area contributed by atoms with Crippen molar-refractivity contribution in [3.8, 4) is 11.5 Å². The van der Waals surface area contributed by atoms with E-state index in [-0.39, 0.29) is 10.7 Å². The lowest BCUT2D eigenvalue weighted by atomic mass is 9.99. The number of nitrogens with zero attached hydrogens (tertiary/aromatic N) is 1. The van der Waals surface area contributed by atoms with Crippen LogP contribution in [-0.4, -0.2) is 30.1 Å². The summed E-state index contributed by atoms with van der Waals surface area (Å²) in [6.45, 7) is 4.74. The van der Waals surface area contributed by atoms with Gasteiger partial charge in [-0.3, -0.25) is 19.8 Å². The van der Waals surface area contributed by atoms with E-state index >= 15 is 0 Å². The molecule has 0 unspecified atom stereocenters. The smallest absolute Gasteiger partial charge is 0.270 e. The van der Waals surface area contributed by atoms with Gasteiger partial charge in [0.1, 0.15) is 17.1 Å². The average molecular weight is 525 g/mol. The molecule has 0 saturated carbocycles. The predicted octanol–water partition coefficient (Wildman–Crippen LogP) is 5.23. The molecule has 1 aliphatic rings. The average Bonchev–Trinajstić information content (AvgIpc) is 2.78. The number of nitrogens with one attached hydrogen (secondary N) is 1. The van der Waals surface area contributed by atoms with Crippen molar-refractivity contribution in [3.05, 3.63) is 70.2 Å². The topological polar surface area (TPSA) is 67.9 Å². The van der Waals surface area contributed by atoms with Crippen molar-refractivity contribution in [1.82, 2.24) is 5.32 Å². The van der Waals surface area contributed by atoms with Crippen LogP contribution >= 0.6 is 28.1 Å². The van der Waals surface area contributed by atoms with Gasteiger partial charge in [0.25, 0.3) is 11.8 Å². The Labute approximate surface area is 205 Å². The Hall–Kier alpha value is -3.23. The fourth-order valence-corrected chi connectivity index (χ4v) is 4.31. The summed E-state index contributed by atoms with van der Waals surface area (Å²) in [5.41, 5.74) is 1.13. The molecule has 3 aromatic carbocycles. The highest BCUT2D eigenvalue weighted by Gasteiger charge is 2.35. The first-order valence-corrected chi connectivity index (χ1v) is 11.6. The van der Waals surface area contributed by atoms with Gasteiger partial charge in [-0.05, 0) is 79.3 Å². The maximum absolute atomic E-state index is 13.5. The first-order chi connectivity index (χ1) is 15.9. The fraction of sp³-hybridized carbons (Fsp3) is 0.160. The zero-order valence-electron chi connectivity index (χ0n) is 18.1. The molecule has 1 N–H and O–H groups in total. The van der Waals surface area contributed by atoms with E-state index in [0.29, 0.717) is 36.0 Å². The number of thiocarbonyl (C=S) groups is 1. The summed E-state index contributed by atoms with van der Waals surface area (Å²) in [4.78, 5) is 27.6. The van der Waals surface area contributed by atoms with Crippen LogP contribution in [0, 0.1) is 0 Å². The van der Waals surface area contributed by atoms with Crippen LogP contribution < -0.4 is 19.7 Å². The summed E-state index contributed by atoms with van der Waals surface area (Å²) in [6.07, 6.45) is 1.56. The standard InChI is InChI=1S/C25H21BrN2O4S/c1-3-31-18-10-8-15-9-11-22(32-4-2)20(19(15)13-18)14-21-23(29)27-25(33)28(24(21)30)17-7-5-6-16(26)12-17/h5-14H,3-4H2,1-2H3,(H,27,29,33)/b21-14+. The minimum absolute atomic E-state index is 0.0295. The number of amides is 2. The molecule has 3 aromatic rings. The minimum Gasteiger partial charge on any atom is -0.494 e. The molecule has 8 heteroatoms. The Morgan fingerprint density at radius 3 is 2.52 bits per heavy atom. The number of carbonyl (C=O) groups excluding carboxylic acids is 2. The third kappa shape index (κ3) is 4.62. The molecule has 1 saturated heterocycles. The zero-order valence-corrected chi connectivity index (χ0v) is 20.5. The number of fused-ring (bicyclic) bond motifs is 1. The van der Waals surface area contributed by atoms with Crippen molar-refractivity contribution in [2.75, 3.05) is 18.1 Å². The van der Waals surface area contributed by atoms with Crippen LogP contribution in [0.25, 0.3) is 16.8 Å². The molecule has 2 amide bonds. The summed E-state index contributed by atoms with van der Waals surface area (Å²) < 4.78 is 12.3. The van der Waals surface area contributed by atoms with Crippen molar-refractivity contribution in [3.63, 3.8) is 0 Å². The van der Waals surface area contributed by atoms with Gasteiger partial charge < -0.3 is 9.47 Å². The Bertz CT molecular complexity index is 1300. The van der Waals surface area contributed by atoms with E-state index in [1.165, 1.54) is 4.90 Å². The summed E-state index contributed by atoms with van der Waals surface area (Å²) in [5, 5.41) is 4.39. The first-order valence-electron chi connectivity index (χ1n) is 10.4. The second kappa shape index (κ2) is 9.72. The van der Waals surface area contributed by atoms with E-state index in [2.05, 4.69) is 21.2 Å². The lowest BCUT2D eigenvalue weighted by Crippen LogP contribution is -2.54. The van der Waals surface area contributed by atoms with E-state index in [9.17, 15) is 9.59 Å². The van der Waals surface area contributed by atoms with Gasteiger partial charge in [-0.1, -0.05) is 34.1 Å². The molecule has 1 aliphatic heterocycles. The van der Waals surface area contributed by atoms with Gasteiger partial charge in [-0.2, -0.15) is 0 Å². The number of hydrogen-bond acceptors (Lipinski definition) is 5. The molecular weight excluding hydrogens is 504 g/mol. The van der Waals surface area contributed by atoms with Gasteiger partial charge in [0.05, 0.1) is 18.9 Å². The van der Waals surface area contributed by atoms with Gasteiger partial charge in [0, 0.05) is 10.0 Å². The highest BCUT2D eigenvalue weighted by atomic mass is 79.9. The van der Waals surface area contributed by atoms with Crippen molar-refractivity contribution in [2.45, 2.75) is 13.8 Å². The normalized spacial score (nSPS) is 15.2. The number of carbonyl (C=O) groups is 2. The number of anilines is 1. The van der Waals surface area contributed by atoms with E-state index in [4.69, 9.17) is 21.7 Å². The van der Waals surface area contributed by atoms with Gasteiger partial charge >= 0.3 is 0 Å². The Morgan fingerprint density at radius 1 is 1.03 bits per heavy atom. The fourth-order valence-electron chi connectivity index (χ4n) is 3.64. The molecule has 0 radical (unpaired) electrons. The van der Waals surface area contributed by atoms with E-state index in [0.717, 1.165) is 15.2 Å². The minimum atomic E-state index is -0.559. The first kappa shape index (κ1) is 22.9. The van der Waals surface area contributed by atoms with Crippen molar-refractivity contribution in [1.29, 1.82) is 0 Å². The van der Waals surface area contributed by atoms with Gasteiger partial charge in [-0.15, -0.1) is 0 Å². The largest absolute Gasteiger partial charge is 0.494 e. The number of halogens is 1. The van der Waals surface area contributed by atoms with E-state index in [1.54, 1.807) is 24.3 Å². The zero-order chi connectivity index (χ0) is 23.5. The second-order valence-electron chi connectivity index (χ2n) is 7.16. The molecule has 1 fully saturated rings. The molecule has 1 heterocycles. The van der Waals surface area contributed by atoms with E-state index in [1.807, 2.05) is 50.2 Å². The molecule has 0 aliphatic carbocycles. The highest BCUT2D eigenvalue weighted by Crippen LogP contribution is 2.34. The molecule has 0 spiro atoms. The third-order valence-corrected chi connectivity index (χ3v) is 5.84. The second-order valence-corrected chi connectivity index (χ2v) is 8.47. The Balaban J connectivity index is 1.88. The SMILES string of the molecule is CCOc1ccc2ccc(OCC)c(/C=C3\C(=O)NC(=S)N(c4cccc(Br)c4)C3=O)c2c1. The van der Waals surface area contributed by atoms with Crippen LogP contribution in [0.3, 0.4) is 0 Å². The van der Waals surface area contributed by atoms with Crippen molar-refractivity contribution < 1.29 is 19.1 Å². The molecule has 0 atom stereocenters. The molecule has 4 rings (SSSR count). The number of rotatable bonds is 6. The maximum atomic E-state index is 13.5. The lowest BCUT2D eigenvalue weighted by Gasteiger charge is -2.29. The van der Waals surface area contributed by atoms with Crippen LogP contribution in [0.2, 0.25) is 0 Å². The van der Waals surface area contributed by atoms with Crippen LogP contribution in [0.15, 0.2) is 64.6 Å². The molecule has 0 bridgehead atoms. The summed E-state index contributed by atoms with van der Waals surface area (Å²) in [5.74, 6) is 0.183. The van der Waals surface area contributed by atoms with E-state index < -0.39 is 11.8 Å².